The van der Waals surface area contributed by atoms with E-state index in [-0.39, 0.29) is 0 Å². The molecule has 0 radical (unpaired) electrons. The third-order valence-corrected chi connectivity index (χ3v) is 9.04. The number of nitrogens with one attached hydrogen (secondary N) is 6. The van der Waals surface area contributed by atoms with Gasteiger partial charge in [0.2, 0.25) is 0 Å². The van der Waals surface area contributed by atoms with Crippen molar-refractivity contribution in [2.75, 3.05) is 91.9 Å². The molecular formula is C38H76N8. The first-order valence-corrected chi connectivity index (χ1v) is 19.6. The van der Waals surface area contributed by atoms with Crippen molar-refractivity contribution in [2.45, 2.75) is 117 Å². The predicted octanol–water partition coefficient (Wildman–Crippen LogP) is 5.26. The maximum Gasteiger partial charge on any atom is 0.0484 e. The summed E-state index contributed by atoms with van der Waals surface area (Å²) in [6, 6.07) is 9.25. The van der Waals surface area contributed by atoms with E-state index < -0.39 is 0 Å². The highest BCUT2D eigenvalue weighted by Gasteiger charge is 2.09. The smallest absolute Gasteiger partial charge is 0.0484 e. The molecule has 8 nitrogen and oxygen atoms in total. The summed E-state index contributed by atoms with van der Waals surface area (Å²) in [5.41, 5.74) is 2.78. The van der Waals surface area contributed by atoms with Crippen molar-refractivity contribution in [1.82, 2.24) is 41.7 Å². The normalized spacial score (nSPS) is 19.1. The molecule has 2 aliphatic heterocycles. The van der Waals surface area contributed by atoms with Crippen molar-refractivity contribution in [3.05, 3.63) is 35.4 Å². The summed E-state index contributed by atoms with van der Waals surface area (Å²) < 4.78 is 0. The van der Waals surface area contributed by atoms with Crippen LogP contribution in [0.5, 0.6) is 0 Å². The van der Waals surface area contributed by atoms with Crippen molar-refractivity contribution in [2.24, 2.45) is 0 Å². The maximum absolute atomic E-state index is 3.58. The van der Waals surface area contributed by atoms with Crippen molar-refractivity contribution in [3.8, 4) is 0 Å². The lowest BCUT2D eigenvalue weighted by Crippen LogP contribution is -2.42. The molecule has 0 unspecified atom stereocenters. The minimum Gasteiger partial charge on any atom is -0.315 e. The molecule has 3 rings (SSSR count). The molecule has 0 aliphatic carbocycles. The first kappa shape index (κ1) is 41.1. The lowest BCUT2D eigenvalue weighted by molar-refractivity contribution is 0.241. The first-order chi connectivity index (χ1) is 22.8. The van der Waals surface area contributed by atoms with Crippen LogP contribution < -0.4 is 31.9 Å². The molecule has 0 atom stereocenters. The Morgan fingerprint density at radius 3 is 1.11 bits per heavy atom. The number of rotatable bonds is 15. The Hall–Kier alpha value is -1.10. The Labute approximate surface area is 285 Å². The van der Waals surface area contributed by atoms with Crippen molar-refractivity contribution in [1.29, 1.82) is 0 Å². The topological polar surface area (TPSA) is 78.7 Å². The van der Waals surface area contributed by atoms with E-state index in [2.05, 4.69) is 79.8 Å². The molecule has 1 aromatic carbocycles. The van der Waals surface area contributed by atoms with Gasteiger partial charge in [0, 0.05) is 78.8 Å². The molecule has 0 amide bonds. The van der Waals surface area contributed by atoms with Gasteiger partial charge in [0.25, 0.3) is 0 Å². The molecule has 0 bridgehead atoms. The van der Waals surface area contributed by atoms with Crippen molar-refractivity contribution >= 4 is 0 Å². The van der Waals surface area contributed by atoms with Crippen molar-refractivity contribution in [3.63, 3.8) is 0 Å². The summed E-state index contributed by atoms with van der Waals surface area (Å²) in [5.74, 6) is 0. The van der Waals surface area contributed by atoms with E-state index in [9.17, 15) is 0 Å². The van der Waals surface area contributed by atoms with Gasteiger partial charge in [-0.3, -0.25) is 9.80 Å². The zero-order valence-electron chi connectivity index (χ0n) is 30.4. The third kappa shape index (κ3) is 24.1. The highest BCUT2D eigenvalue weighted by molar-refractivity contribution is 5.22. The summed E-state index contributed by atoms with van der Waals surface area (Å²) in [4.78, 5) is 5.01. The summed E-state index contributed by atoms with van der Waals surface area (Å²) in [7, 11) is 0. The van der Waals surface area contributed by atoms with Gasteiger partial charge in [-0.05, 0) is 50.1 Å². The monoisotopic (exact) mass is 645 g/mol. The largest absolute Gasteiger partial charge is 0.315 e. The van der Waals surface area contributed by atoms with Gasteiger partial charge < -0.3 is 31.9 Å². The second kappa shape index (κ2) is 31.2. The van der Waals surface area contributed by atoms with E-state index >= 15 is 0 Å². The predicted molar refractivity (Wildman–Crippen MR) is 200 cm³/mol. The number of hydrogen-bond acceptors (Lipinski definition) is 8. The second-order valence-corrected chi connectivity index (χ2v) is 13.5. The molecule has 2 saturated heterocycles. The minimum absolute atomic E-state index is 0.937. The lowest BCUT2D eigenvalue weighted by atomic mass is 10.1. The molecule has 2 aliphatic rings. The van der Waals surface area contributed by atoms with Crippen LogP contribution in [0.25, 0.3) is 0 Å². The van der Waals surface area contributed by atoms with Crippen LogP contribution in [0.4, 0.5) is 0 Å². The molecule has 1 aromatic rings. The standard InChI is InChI=1S/C24H46N8.C14H30/c1-7-25-11-13-29-21-31(17-15-27-9-1)19-23-3-5-24(6-4-23)20-32-18-16-28-10-2-8-26-12-14-30-22-32;1-3-5-7-9-11-13-14-12-10-8-6-4-2/h3-6,25-30H,1-2,7-22H2;3-14H2,1-2H3. The van der Waals surface area contributed by atoms with Gasteiger partial charge >= 0.3 is 0 Å². The molecule has 6 N–H and O–H groups in total. The number of hydrogen-bond donors (Lipinski definition) is 6. The Morgan fingerprint density at radius 1 is 0.413 bits per heavy atom. The average molecular weight is 645 g/mol. The van der Waals surface area contributed by atoms with E-state index in [1.807, 2.05) is 0 Å². The number of unbranched alkanes of at least 4 members (excludes halogenated alkanes) is 11. The lowest BCUT2D eigenvalue weighted by Gasteiger charge is -2.25. The molecule has 0 spiro atoms. The van der Waals surface area contributed by atoms with Crippen LogP contribution in [0, 0.1) is 0 Å². The first-order valence-electron chi connectivity index (χ1n) is 19.6. The fraction of sp³-hybridized carbons (Fsp3) is 0.842. The van der Waals surface area contributed by atoms with Gasteiger partial charge in [0.1, 0.15) is 0 Å². The van der Waals surface area contributed by atoms with Crippen LogP contribution in [-0.4, -0.2) is 102 Å². The quantitative estimate of drug-likeness (QED) is 0.145. The number of nitrogens with zero attached hydrogens (tertiary/aromatic N) is 2. The molecule has 0 saturated carbocycles. The average Bonchev–Trinajstić information content (AvgIpc) is 3.06. The van der Waals surface area contributed by atoms with Crippen LogP contribution in [0.2, 0.25) is 0 Å². The third-order valence-electron chi connectivity index (χ3n) is 9.04. The molecule has 268 valence electrons. The zero-order chi connectivity index (χ0) is 32.6. The van der Waals surface area contributed by atoms with Crippen LogP contribution >= 0.6 is 0 Å². The zero-order valence-corrected chi connectivity index (χ0v) is 30.4. The Bertz CT molecular complexity index is 675. The highest BCUT2D eigenvalue weighted by atomic mass is 15.2. The summed E-state index contributed by atoms with van der Waals surface area (Å²) >= 11 is 0. The van der Waals surface area contributed by atoms with Gasteiger partial charge in [0.05, 0.1) is 0 Å². The molecule has 46 heavy (non-hydrogen) atoms. The van der Waals surface area contributed by atoms with Crippen LogP contribution in [0.3, 0.4) is 0 Å². The van der Waals surface area contributed by atoms with Crippen LogP contribution in [-0.2, 0) is 13.1 Å². The van der Waals surface area contributed by atoms with E-state index in [1.54, 1.807) is 0 Å². The molecule has 8 heteroatoms. The van der Waals surface area contributed by atoms with Crippen molar-refractivity contribution < 1.29 is 0 Å². The molecular weight excluding hydrogens is 568 g/mol. The SMILES string of the molecule is CCCCCCCCCCCCCC.c1cc(CN2CCNCCCNCCNC2)ccc1CN1CCNCCCNCCNC1. The van der Waals surface area contributed by atoms with Crippen LogP contribution in [0.1, 0.15) is 115 Å². The fourth-order valence-electron chi connectivity index (χ4n) is 6.09. The molecule has 0 aromatic heterocycles. The van der Waals surface area contributed by atoms with Crippen LogP contribution in [0.15, 0.2) is 24.3 Å². The second-order valence-electron chi connectivity index (χ2n) is 13.5. The van der Waals surface area contributed by atoms with Gasteiger partial charge in [-0.25, -0.2) is 0 Å². The highest BCUT2D eigenvalue weighted by Crippen LogP contribution is 2.12. The van der Waals surface area contributed by atoms with E-state index in [1.165, 1.54) is 101 Å². The Kier molecular flexibility index (Phi) is 27.8. The molecule has 2 heterocycles. The van der Waals surface area contributed by atoms with Gasteiger partial charge in [-0.1, -0.05) is 115 Å². The van der Waals surface area contributed by atoms with Gasteiger partial charge in [0.15, 0.2) is 0 Å². The summed E-state index contributed by atoms with van der Waals surface area (Å²) in [5, 5.41) is 21.3. The fourth-order valence-corrected chi connectivity index (χ4v) is 6.09. The van der Waals surface area contributed by atoms with E-state index in [0.717, 1.165) is 105 Å². The van der Waals surface area contributed by atoms with E-state index in [4.69, 9.17) is 0 Å². The van der Waals surface area contributed by atoms with Gasteiger partial charge in [-0.15, -0.1) is 0 Å². The Balaban J connectivity index is 0.000000444. The summed E-state index contributed by atoms with van der Waals surface area (Å²) in [6.45, 7) is 21.2. The Morgan fingerprint density at radius 2 is 0.739 bits per heavy atom. The van der Waals surface area contributed by atoms with E-state index in [0.29, 0.717) is 0 Å². The minimum atomic E-state index is 0.937. The van der Waals surface area contributed by atoms with Gasteiger partial charge in [-0.2, -0.15) is 0 Å². The number of benzene rings is 1. The molecule has 2 fully saturated rings. The maximum atomic E-state index is 3.58. The summed E-state index contributed by atoms with van der Waals surface area (Å²) in [6.07, 6.45) is 19.8.